The first-order valence-electron chi connectivity index (χ1n) is 8.95. The summed E-state index contributed by atoms with van der Waals surface area (Å²) in [6, 6.07) is 9.87. The number of hydrogen-bond acceptors (Lipinski definition) is 6. The molecule has 30 heavy (non-hydrogen) atoms. The fourth-order valence-corrected chi connectivity index (χ4v) is 3.37. The van der Waals surface area contributed by atoms with Gasteiger partial charge in [-0.2, -0.15) is 0 Å². The predicted octanol–water partition coefficient (Wildman–Crippen LogP) is 3.59. The van der Waals surface area contributed by atoms with E-state index in [1.54, 1.807) is 36.4 Å². The summed E-state index contributed by atoms with van der Waals surface area (Å²) in [4.78, 5) is 27.0. The Labute approximate surface area is 184 Å². The summed E-state index contributed by atoms with van der Waals surface area (Å²) in [7, 11) is 2.98. The third-order valence-corrected chi connectivity index (χ3v) is 4.82. The number of methoxy groups -OCH3 is 2. The smallest absolute Gasteiger partial charge is 0.270 e. The first-order chi connectivity index (χ1) is 14.4. The van der Waals surface area contributed by atoms with Gasteiger partial charge in [-0.25, -0.2) is 4.90 Å². The molecule has 0 aromatic heterocycles. The topological polar surface area (TPSA) is 77.1 Å². The molecule has 0 unspecified atom stereocenters. The van der Waals surface area contributed by atoms with Crippen LogP contribution in [0.25, 0.3) is 6.08 Å². The number of carbonyl (C=O) groups excluding carboxylic acids is 2. The van der Waals surface area contributed by atoms with Gasteiger partial charge in [0.25, 0.3) is 11.8 Å². The lowest BCUT2D eigenvalue weighted by molar-refractivity contribution is -0.122. The standard InChI is InChI=1S/C21H19ClN2O5S/c1-4-29-17-8-5-13(22)9-12(17)10-15-19(25)23-21(30)24(20(15)26)16-7-6-14(27-2)11-18(16)28-3/h5-11H,4H2,1-3H3,(H,23,25,30)/b15-10-. The molecule has 0 radical (unpaired) electrons. The van der Waals surface area contributed by atoms with Crippen LogP contribution in [0, 0.1) is 0 Å². The highest BCUT2D eigenvalue weighted by atomic mass is 35.5. The predicted molar refractivity (Wildman–Crippen MR) is 118 cm³/mol. The van der Waals surface area contributed by atoms with Crippen LogP contribution in [-0.2, 0) is 9.59 Å². The van der Waals surface area contributed by atoms with Crippen LogP contribution >= 0.6 is 23.8 Å². The highest BCUT2D eigenvalue weighted by Crippen LogP contribution is 2.35. The fraction of sp³-hybridized carbons (Fsp3) is 0.190. The maximum Gasteiger partial charge on any atom is 0.270 e. The Morgan fingerprint density at radius 3 is 2.53 bits per heavy atom. The Hall–Kier alpha value is -3.10. The van der Waals surface area contributed by atoms with Crippen LogP contribution in [0.3, 0.4) is 0 Å². The molecular formula is C21H19ClN2O5S. The monoisotopic (exact) mass is 446 g/mol. The van der Waals surface area contributed by atoms with Crippen molar-refractivity contribution in [1.29, 1.82) is 0 Å². The lowest BCUT2D eigenvalue weighted by atomic mass is 10.1. The summed E-state index contributed by atoms with van der Waals surface area (Å²) in [6.07, 6.45) is 1.43. The number of amides is 2. The summed E-state index contributed by atoms with van der Waals surface area (Å²) in [5.41, 5.74) is 0.748. The Kier molecular flexibility index (Phi) is 6.59. The van der Waals surface area contributed by atoms with E-state index in [0.29, 0.717) is 40.1 Å². The number of thiocarbonyl (C=S) groups is 1. The van der Waals surface area contributed by atoms with Gasteiger partial charge in [0.05, 0.1) is 26.5 Å². The zero-order valence-electron chi connectivity index (χ0n) is 16.5. The average molecular weight is 447 g/mol. The Balaban J connectivity index is 2.08. The molecule has 1 heterocycles. The third kappa shape index (κ3) is 4.24. The Morgan fingerprint density at radius 2 is 1.87 bits per heavy atom. The highest BCUT2D eigenvalue weighted by molar-refractivity contribution is 7.80. The quantitative estimate of drug-likeness (QED) is 0.415. The molecule has 0 bridgehead atoms. The summed E-state index contributed by atoms with van der Waals surface area (Å²) in [5.74, 6) is 0.187. The number of benzene rings is 2. The van der Waals surface area contributed by atoms with Crippen molar-refractivity contribution in [3.05, 3.63) is 52.6 Å². The van der Waals surface area contributed by atoms with Crippen molar-refractivity contribution < 1.29 is 23.8 Å². The van der Waals surface area contributed by atoms with Crippen LogP contribution in [0.5, 0.6) is 17.2 Å². The molecule has 1 N–H and O–H groups in total. The zero-order chi connectivity index (χ0) is 21.8. The molecule has 2 amide bonds. The van der Waals surface area contributed by atoms with Crippen molar-refractivity contribution >= 4 is 52.5 Å². The van der Waals surface area contributed by atoms with Crippen LogP contribution < -0.4 is 24.4 Å². The maximum atomic E-state index is 13.3. The molecule has 3 rings (SSSR count). The van der Waals surface area contributed by atoms with Crippen LogP contribution in [-0.4, -0.2) is 37.8 Å². The molecule has 1 fully saturated rings. The van der Waals surface area contributed by atoms with Gasteiger partial charge in [-0.05, 0) is 55.5 Å². The fourth-order valence-electron chi connectivity index (χ4n) is 2.92. The molecule has 9 heteroatoms. The maximum absolute atomic E-state index is 13.3. The van der Waals surface area contributed by atoms with Gasteiger partial charge >= 0.3 is 0 Å². The first kappa shape index (κ1) is 21.6. The molecule has 2 aromatic carbocycles. The van der Waals surface area contributed by atoms with Gasteiger partial charge in [0, 0.05) is 16.7 Å². The number of halogens is 1. The van der Waals surface area contributed by atoms with E-state index in [9.17, 15) is 9.59 Å². The van der Waals surface area contributed by atoms with E-state index >= 15 is 0 Å². The zero-order valence-corrected chi connectivity index (χ0v) is 18.1. The number of nitrogens with zero attached hydrogens (tertiary/aromatic N) is 1. The highest BCUT2D eigenvalue weighted by Gasteiger charge is 2.36. The summed E-state index contributed by atoms with van der Waals surface area (Å²) < 4.78 is 16.2. The Morgan fingerprint density at radius 1 is 1.10 bits per heavy atom. The van der Waals surface area contributed by atoms with Crippen molar-refractivity contribution in [3.63, 3.8) is 0 Å². The van der Waals surface area contributed by atoms with Crippen molar-refractivity contribution in [1.82, 2.24) is 5.32 Å². The van der Waals surface area contributed by atoms with Crippen molar-refractivity contribution in [3.8, 4) is 17.2 Å². The summed E-state index contributed by atoms with van der Waals surface area (Å²) in [6.45, 7) is 2.25. The van der Waals surface area contributed by atoms with Crippen LogP contribution in [0.15, 0.2) is 42.0 Å². The summed E-state index contributed by atoms with van der Waals surface area (Å²) >= 11 is 11.3. The van der Waals surface area contributed by atoms with Crippen LogP contribution in [0.1, 0.15) is 12.5 Å². The van der Waals surface area contributed by atoms with Gasteiger partial charge in [0.2, 0.25) is 0 Å². The second-order valence-electron chi connectivity index (χ2n) is 6.11. The molecule has 7 nitrogen and oxygen atoms in total. The van der Waals surface area contributed by atoms with Gasteiger partial charge < -0.3 is 14.2 Å². The van der Waals surface area contributed by atoms with E-state index in [4.69, 9.17) is 38.0 Å². The van der Waals surface area contributed by atoms with E-state index in [0.717, 1.165) is 0 Å². The normalized spacial score (nSPS) is 15.3. The third-order valence-electron chi connectivity index (χ3n) is 4.30. The average Bonchev–Trinajstić information content (AvgIpc) is 2.73. The summed E-state index contributed by atoms with van der Waals surface area (Å²) in [5, 5.41) is 2.93. The first-order valence-corrected chi connectivity index (χ1v) is 9.74. The van der Waals surface area contributed by atoms with E-state index in [1.165, 1.54) is 25.2 Å². The Bertz CT molecular complexity index is 1050. The SMILES string of the molecule is CCOc1ccc(Cl)cc1/C=C1/C(=O)NC(=S)N(c2ccc(OC)cc2OC)C1=O. The van der Waals surface area contributed by atoms with Gasteiger partial charge in [-0.15, -0.1) is 0 Å². The molecule has 1 aliphatic heterocycles. The minimum absolute atomic E-state index is 0.0539. The molecule has 156 valence electrons. The molecule has 0 aliphatic carbocycles. The van der Waals surface area contributed by atoms with E-state index < -0.39 is 11.8 Å². The lowest BCUT2D eigenvalue weighted by Crippen LogP contribution is -2.54. The molecule has 0 saturated carbocycles. The molecule has 1 saturated heterocycles. The number of rotatable bonds is 6. The van der Waals surface area contributed by atoms with Gasteiger partial charge in [0.15, 0.2) is 5.11 Å². The van der Waals surface area contributed by atoms with Gasteiger partial charge in [-0.3, -0.25) is 14.9 Å². The van der Waals surface area contributed by atoms with Gasteiger partial charge in [-0.1, -0.05) is 11.6 Å². The van der Waals surface area contributed by atoms with E-state index in [-0.39, 0.29) is 10.7 Å². The lowest BCUT2D eigenvalue weighted by Gasteiger charge is -2.30. The second kappa shape index (κ2) is 9.15. The molecule has 1 aliphatic rings. The van der Waals surface area contributed by atoms with E-state index in [2.05, 4.69) is 5.32 Å². The van der Waals surface area contributed by atoms with Crippen molar-refractivity contribution in [2.75, 3.05) is 25.7 Å². The molecular weight excluding hydrogens is 428 g/mol. The van der Waals surface area contributed by atoms with Crippen LogP contribution in [0.4, 0.5) is 5.69 Å². The van der Waals surface area contributed by atoms with Crippen molar-refractivity contribution in [2.45, 2.75) is 6.92 Å². The largest absolute Gasteiger partial charge is 0.497 e. The molecule has 2 aromatic rings. The molecule has 0 atom stereocenters. The second-order valence-corrected chi connectivity index (χ2v) is 6.93. The number of ether oxygens (including phenoxy) is 3. The van der Waals surface area contributed by atoms with E-state index in [1.807, 2.05) is 6.92 Å². The van der Waals surface area contributed by atoms with Crippen LogP contribution in [0.2, 0.25) is 5.02 Å². The number of carbonyl (C=O) groups is 2. The van der Waals surface area contributed by atoms with Crippen molar-refractivity contribution in [2.24, 2.45) is 0 Å². The number of hydrogen-bond donors (Lipinski definition) is 1. The number of nitrogens with one attached hydrogen (secondary N) is 1. The molecule has 0 spiro atoms. The minimum Gasteiger partial charge on any atom is -0.497 e. The minimum atomic E-state index is -0.615. The van der Waals surface area contributed by atoms with Gasteiger partial charge in [0.1, 0.15) is 22.8 Å². The number of anilines is 1.